The number of rotatable bonds is 5. The van der Waals surface area contributed by atoms with Gasteiger partial charge in [-0.05, 0) is 24.6 Å². The van der Waals surface area contributed by atoms with Crippen molar-refractivity contribution in [3.8, 4) is 17.3 Å². The first-order chi connectivity index (χ1) is 10.7. The zero-order valence-corrected chi connectivity index (χ0v) is 13.0. The Kier molecular flexibility index (Phi) is 4.11. The number of aryl methyl sites for hydroxylation is 1. The van der Waals surface area contributed by atoms with Gasteiger partial charge in [0.1, 0.15) is 5.75 Å². The molecule has 22 heavy (non-hydrogen) atoms. The van der Waals surface area contributed by atoms with Crippen LogP contribution in [0.25, 0.3) is 11.6 Å². The van der Waals surface area contributed by atoms with Gasteiger partial charge in [-0.15, -0.1) is 10.2 Å². The molecular formula is C15H15ClN4O2. The van der Waals surface area contributed by atoms with Crippen molar-refractivity contribution in [3.05, 3.63) is 46.9 Å². The second-order valence-electron chi connectivity index (χ2n) is 4.71. The molecule has 1 aromatic carbocycles. The van der Waals surface area contributed by atoms with Gasteiger partial charge >= 0.3 is 0 Å². The molecule has 114 valence electrons. The van der Waals surface area contributed by atoms with Gasteiger partial charge in [0.15, 0.2) is 5.69 Å². The van der Waals surface area contributed by atoms with Gasteiger partial charge in [-0.1, -0.05) is 23.7 Å². The number of ether oxygens (including phenoxy) is 1. The number of nitrogens with zero attached hydrogens (tertiary/aromatic N) is 4. The van der Waals surface area contributed by atoms with Gasteiger partial charge in [-0.2, -0.15) is 5.10 Å². The highest BCUT2D eigenvalue weighted by Gasteiger charge is 2.16. The van der Waals surface area contributed by atoms with Crippen LogP contribution in [0.15, 0.2) is 34.9 Å². The molecule has 0 bridgehead atoms. The van der Waals surface area contributed by atoms with Crippen molar-refractivity contribution < 1.29 is 9.15 Å². The van der Waals surface area contributed by atoms with Gasteiger partial charge in [0.05, 0.1) is 18.6 Å². The Labute approximate surface area is 132 Å². The van der Waals surface area contributed by atoms with E-state index in [1.54, 1.807) is 18.0 Å². The quantitative estimate of drug-likeness (QED) is 0.722. The molecular weight excluding hydrogens is 304 g/mol. The van der Waals surface area contributed by atoms with Crippen molar-refractivity contribution in [1.82, 2.24) is 20.0 Å². The van der Waals surface area contributed by atoms with Gasteiger partial charge in [0, 0.05) is 12.7 Å². The summed E-state index contributed by atoms with van der Waals surface area (Å²) in [5.41, 5.74) is 1.57. The van der Waals surface area contributed by atoms with Gasteiger partial charge in [0.25, 0.3) is 5.89 Å². The molecule has 0 saturated carbocycles. The minimum absolute atomic E-state index is 0.334. The van der Waals surface area contributed by atoms with E-state index in [9.17, 15) is 0 Å². The molecule has 6 nitrogen and oxygen atoms in total. The topological polar surface area (TPSA) is 66.0 Å². The Bertz CT molecular complexity index is 764. The predicted octanol–water partition coefficient (Wildman–Crippen LogP) is 3.21. The second kappa shape index (κ2) is 6.19. The van der Waals surface area contributed by atoms with Gasteiger partial charge < -0.3 is 9.15 Å². The minimum Gasteiger partial charge on any atom is -0.497 e. The average Bonchev–Trinajstić information content (AvgIpc) is 3.14. The van der Waals surface area contributed by atoms with Crippen LogP contribution in [0, 0.1) is 0 Å². The van der Waals surface area contributed by atoms with Crippen molar-refractivity contribution in [1.29, 1.82) is 0 Å². The fourth-order valence-electron chi connectivity index (χ4n) is 2.04. The van der Waals surface area contributed by atoms with Crippen LogP contribution >= 0.6 is 11.6 Å². The summed E-state index contributed by atoms with van der Waals surface area (Å²) < 4.78 is 12.5. The van der Waals surface area contributed by atoms with E-state index in [0.29, 0.717) is 28.9 Å². The van der Waals surface area contributed by atoms with Crippen molar-refractivity contribution in [2.75, 3.05) is 7.11 Å². The summed E-state index contributed by atoms with van der Waals surface area (Å²) in [5.74, 6) is 1.66. The van der Waals surface area contributed by atoms with Crippen molar-refractivity contribution in [2.24, 2.45) is 0 Å². The van der Waals surface area contributed by atoms with E-state index in [0.717, 1.165) is 17.9 Å². The Balaban J connectivity index is 1.79. The normalized spacial score (nSPS) is 10.9. The number of benzene rings is 1. The van der Waals surface area contributed by atoms with Crippen molar-refractivity contribution in [3.63, 3.8) is 0 Å². The summed E-state index contributed by atoms with van der Waals surface area (Å²) in [4.78, 5) is 0. The summed E-state index contributed by atoms with van der Waals surface area (Å²) in [6, 6.07) is 7.71. The molecule has 0 N–H and O–H groups in total. The molecule has 2 aromatic heterocycles. The maximum atomic E-state index is 6.14. The van der Waals surface area contributed by atoms with Crippen LogP contribution in [-0.4, -0.2) is 27.1 Å². The molecule has 0 aliphatic rings. The van der Waals surface area contributed by atoms with E-state index in [1.807, 2.05) is 31.2 Å². The molecule has 0 radical (unpaired) electrons. The molecule has 0 atom stereocenters. The summed E-state index contributed by atoms with van der Waals surface area (Å²) in [6.07, 6.45) is 2.29. The van der Waals surface area contributed by atoms with Gasteiger partial charge in [0.2, 0.25) is 5.89 Å². The molecule has 0 aliphatic heterocycles. The first-order valence-corrected chi connectivity index (χ1v) is 7.26. The molecule has 3 aromatic rings. The molecule has 0 spiro atoms. The number of aromatic nitrogens is 4. The molecule has 7 heteroatoms. The number of hydrogen-bond acceptors (Lipinski definition) is 5. The van der Waals surface area contributed by atoms with Crippen LogP contribution in [0.4, 0.5) is 0 Å². The van der Waals surface area contributed by atoms with Crippen LogP contribution < -0.4 is 4.74 Å². The first-order valence-electron chi connectivity index (χ1n) is 6.88. The van der Waals surface area contributed by atoms with Crippen LogP contribution in [0.1, 0.15) is 18.4 Å². The Hall–Kier alpha value is -2.34. The van der Waals surface area contributed by atoms with E-state index in [-0.39, 0.29) is 0 Å². The van der Waals surface area contributed by atoms with E-state index in [2.05, 4.69) is 15.3 Å². The zero-order valence-electron chi connectivity index (χ0n) is 12.3. The predicted molar refractivity (Wildman–Crippen MR) is 82.0 cm³/mol. The van der Waals surface area contributed by atoms with E-state index < -0.39 is 0 Å². The molecule has 0 amide bonds. The molecule has 0 fully saturated rings. The largest absolute Gasteiger partial charge is 0.497 e. The third kappa shape index (κ3) is 2.96. The third-order valence-electron chi connectivity index (χ3n) is 3.22. The molecule has 3 rings (SSSR count). The summed E-state index contributed by atoms with van der Waals surface area (Å²) in [6.45, 7) is 2.71. The lowest BCUT2D eigenvalue weighted by molar-refractivity contribution is 0.414. The standard InChI is InChI=1S/C15H15ClN4O2/c1-3-20-9-12(16)14(19-20)15-18-17-13(22-15)8-10-4-6-11(21-2)7-5-10/h4-7,9H,3,8H2,1-2H3. The summed E-state index contributed by atoms with van der Waals surface area (Å²) >= 11 is 6.14. The Morgan fingerprint density at radius 3 is 2.64 bits per heavy atom. The maximum absolute atomic E-state index is 6.14. The molecule has 0 unspecified atom stereocenters. The van der Waals surface area contributed by atoms with Crippen LogP contribution in [0.3, 0.4) is 0 Å². The number of hydrogen-bond donors (Lipinski definition) is 0. The number of halogens is 1. The highest BCUT2D eigenvalue weighted by molar-refractivity contribution is 6.32. The lowest BCUT2D eigenvalue weighted by atomic mass is 10.1. The fourth-order valence-corrected chi connectivity index (χ4v) is 2.27. The van der Waals surface area contributed by atoms with Crippen LogP contribution in [0.5, 0.6) is 5.75 Å². The molecule has 2 heterocycles. The minimum atomic E-state index is 0.334. The highest BCUT2D eigenvalue weighted by Crippen LogP contribution is 2.25. The van der Waals surface area contributed by atoms with Crippen LogP contribution in [-0.2, 0) is 13.0 Å². The molecule has 0 saturated heterocycles. The summed E-state index contributed by atoms with van der Waals surface area (Å²) in [7, 11) is 1.64. The van der Waals surface area contributed by atoms with Gasteiger partial charge in [-0.3, -0.25) is 4.68 Å². The van der Waals surface area contributed by atoms with Crippen LogP contribution in [0.2, 0.25) is 5.02 Å². The van der Waals surface area contributed by atoms with E-state index >= 15 is 0 Å². The fraction of sp³-hybridized carbons (Fsp3) is 0.267. The first kappa shape index (κ1) is 14.6. The Morgan fingerprint density at radius 1 is 1.23 bits per heavy atom. The van der Waals surface area contributed by atoms with Crippen molar-refractivity contribution in [2.45, 2.75) is 19.9 Å². The number of methoxy groups -OCH3 is 1. The lowest BCUT2D eigenvalue weighted by Crippen LogP contribution is -1.93. The SMILES string of the molecule is CCn1cc(Cl)c(-c2nnc(Cc3ccc(OC)cc3)o2)n1. The van der Waals surface area contributed by atoms with Crippen molar-refractivity contribution >= 4 is 11.6 Å². The second-order valence-corrected chi connectivity index (χ2v) is 5.11. The lowest BCUT2D eigenvalue weighted by Gasteiger charge is -2.00. The third-order valence-corrected chi connectivity index (χ3v) is 3.50. The summed E-state index contributed by atoms with van der Waals surface area (Å²) in [5, 5.41) is 12.9. The van der Waals surface area contributed by atoms with E-state index in [4.69, 9.17) is 20.8 Å². The zero-order chi connectivity index (χ0) is 15.5. The van der Waals surface area contributed by atoms with E-state index in [1.165, 1.54) is 0 Å². The molecule has 0 aliphatic carbocycles. The van der Waals surface area contributed by atoms with Gasteiger partial charge in [-0.25, -0.2) is 0 Å². The highest BCUT2D eigenvalue weighted by atomic mass is 35.5. The smallest absolute Gasteiger partial charge is 0.269 e. The monoisotopic (exact) mass is 318 g/mol. The Morgan fingerprint density at radius 2 is 2.00 bits per heavy atom. The average molecular weight is 319 g/mol. The maximum Gasteiger partial charge on any atom is 0.269 e.